The lowest BCUT2D eigenvalue weighted by atomic mass is 10.0. The highest BCUT2D eigenvalue weighted by Gasteiger charge is 2.12. The van der Waals surface area contributed by atoms with Crippen molar-refractivity contribution in [3.05, 3.63) is 48.1 Å². The first-order valence-electron chi connectivity index (χ1n) is 11.6. The maximum atomic E-state index is 11.5. The minimum Gasteiger partial charge on any atom is -0.454 e. The fraction of sp³-hybridized carbons (Fsp3) is 0.577. The van der Waals surface area contributed by atoms with E-state index < -0.39 is 0 Å². The molecule has 0 spiro atoms. The van der Waals surface area contributed by atoms with E-state index in [-0.39, 0.29) is 5.91 Å². The van der Waals surface area contributed by atoms with Crippen molar-refractivity contribution in [2.24, 2.45) is 5.92 Å². The van der Waals surface area contributed by atoms with Gasteiger partial charge in [0, 0.05) is 12.6 Å². The number of nitrogens with one attached hydrogen (secondary N) is 1. The molecule has 1 heterocycles. The molecule has 30 heavy (non-hydrogen) atoms. The smallest absolute Gasteiger partial charge is 0.243 e. The summed E-state index contributed by atoms with van der Waals surface area (Å²) >= 11 is 0. The molecule has 0 bridgehead atoms. The molecule has 1 amide bonds. The van der Waals surface area contributed by atoms with Crippen LogP contribution in [-0.2, 0) is 11.2 Å². The summed E-state index contributed by atoms with van der Waals surface area (Å²) in [4.78, 5) is 11.5. The van der Waals surface area contributed by atoms with Gasteiger partial charge in [-0.2, -0.15) is 0 Å². The van der Waals surface area contributed by atoms with Gasteiger partial charge in [0.05, 0.1) is 0 Å². The topological polar surface area (TPSA) is 47.6 Å². The molecule has 0 aliphatic carbocycles. The number of carbonyl (C=O) groups excluding carboxylic acids is 1. The number of fused-ring (bicyclic) bond motifs is 1. The van der Waals surface area contributed by atoms with Gasteiger partial charge in [-0.3, -0.25) is 4.79 Å². The van der Waals surface area contributed by atoms with E-state index in [1.807, 2.05) is 18.2 Å². The Morgan fingerprint density at radius 1 is 0.967 bits per heavy atom. The van der Waals surface area contributed by atoms with E-state index in [1.54, 1.807) is 6.08 Å². The third kappa shape index (κ3) is 10.5. The zero-order valence-electron chi connectivity index (χ0n) is 18.8. The second-order valence-corrected chi connectivity index (χ2v) is 8.48. The SMILES string of the molecule is CC(C)CNC(=O)C=CC=CCCCCCCCCCCc1ccc2c(c1)OCO2. The molecule has 0 saturated heterocycles. The normalized spacial score (nSPS) is 13.0. The minimum absolute atomic E-state index is 0.00996. The van der Waals surface area contributed by atoms with Gasteiger partial charge in [0.1, 0.15) is 0 Å². The number of unbranched alkanes of at least 4 members (excludes halogenated alkanes) is 8. The van der Waals surface area contributed by atoms with E-state index in [9.17, 15) is 4.79 Å². The van der Waals surface area contributed by atoms with Crippen molar-refractivity contribution in [3.8, 4) is 11.5 Å². The Kier molecular flexibility index (Phi) is 11.8. The van der Waals surface area contributed by atoms with Gasteiger partial charge >= 0.3 is 0 Å². The molecular formula is C26H39NO3. The minimum atomic E-state index is -0.00996. The van der Waals surface area contributed by atoms with Crippen LogP contribution in [0.4, 0.5) is 0 Å². The van der Waals surface area contributed by atoms with Crippen molar-refractivity contribution in [2.45, 2.75) is 78.1 Å². The number of carbonyl (C=O) groups is 1. The molecule has 1 aliphatic rings. The molecule has 0 radical (unpaired) electrons. The molecule has 2 rings (SSSR count). The van der Waals surface area contributed by atoms with E-state index >= 15 is 0 Å². The predicted molar refractivity (Wildman–Crippen MR) is 124 cm³/mol. The van der Waals surface area contributed by atoms with Crippen molar-refractivity contribution < 1.29 is 14.3 Å². The van der Waals surface area contributed by atoms with E-state index in [2.05, 4.69) is 37.4 Å². The Hall–Kier alpha value is -2.23. The highest BCUT2D eigenvalue weighted by molar-refractivity contribution is 5.87. The second-order valence-electron chi connectivity index (χ2n) is 8.48. The van der Waals surface area contributed by atoms with Gasteiger partial charge in [0.25, 0.3) is 0 Å². The van der Waals surface area contributed by atoms with Crippen molar-refractivity contribution in [3.63, 3.8) is 0 Å². The van der Waals surface area contributed by atoms with Gasteiger partial charge in [0.15, 0.2) is 11.5 Å². The molecule has 1 aromatic carbocycles. The summed E-state index contributed by atoms with van der Waals surface area (Å²) in [6, 6.07) is 6.29. The standard InChI is InChI=1S/C26H39NO3/c1-22(2)20-27-26(28)16-14-12-10-8-6-4-3-5-7-9-11-13-15-23-17-18-24-25(19-23)30-21-29-24/h10,12,14,16-19,22H,3-9,11,13,15,20-21H2,1-2H3,(H,27,28). The Labute approximate surface area is 182 Å². The van der Waals surface area contributed by atoms with Gasteiger partial charge < -0.3 is 14.8 Å². The van der Waals surface area contributed by atoms with Crippen LogP contribution < -0.4 is 14.8 Å². The van der Waals surface area contributed by atoms with E-state index in [0.29, 0.717) is 12.7 Å². The molecule has 0 unspecified atom stereocenters. The largest absolute Gasteiger partial charge is 0.454 e. The first kappa shape index (κ1) is 24.0. The molecule has 166 valence electrons. The van der Waals surface area contributed by atoms with E-state index in [0.717, 1.165) is 30.9 Å². The number of rotatable bonds is 15. The molecule has 4 nitrogen and oxygen atoms in total. The van der Waals surface area contributed by atoms with Crippen LogP contribution in [0.25, 0.3) is 0 Å². The van der Waals surface area contributed by atoms with Crippen LogP contribution in [0.15, 0.2) is 42.5 Å². The molecule has 4 heteroatoms. The number of amides is 1. The highest BCUT2D eigenvalue weighted by atomic mass is 16.7. The lowest BCUT2D eigenvalue weighted by Gasteiger charge is -2.04. The fourth-order valence-electron chi connectivity index (χ4n) is 3.43. The number of aryl methyl sites for hydroxylation is 1. The average molecular weight is 414 g/mol. The molecule has 0 saturated carbocycles. The Balaban J connectivity index is 1.37. The van der Waals surface area contributed by atoms with Crippen molar-refractivity contribution in [1.82, 2.24) is 5.32 Å². The second kappa shape index (κ2) is 14.7. The summed E-state index contributed by atoms with van der Waals surface area (Å²) in [6.45, 7) is 5.26. The molecule has 1 aromatic rings. The number of allylic oxidation sites excluding steroid dienone is 3. The summed E-state index contributed by atoms with van der Waals surface area (Å²) in [6.07, 6.45) is 20.2. The summed E-state index contributed by atoms with van der Waals surface area (Å²) in [5, 5.41) is 2.87. The molecule has 1 aliphatic heterocycles. The quantitative estimate of drug-likeness (QED) is 0.207. The molecular weight excluding hydrogens is 374 g/mol. The third-order valence-corrected chi connectivity index (χ3v) is 5.20. The lowest BCUT2D eigenvalue weighted by Crippen LogP contribution is -2.25. The zero-order chi connectivity index (χ0) is 21.4. The van der Waals surface area contributed by atoms with Crippen molar-refractivity contribution in [1.29, 1.82) is 0 Å². The molecule has 0 fully saturated rings. The van der Waals surface area contributed by atoms with Crippen molar-refractivity contribution in [2.75, 3.05) is 13.3 Å². The molecule has 0 atom stereocenters. The molecule has 1 N–H and O–H groups in total. The summed E-state index contributed by atoms with van der Waals surface area (Å²) in [5.41, 5.74) is 1.35. The number of ether oxygens (including phenoxy) is 2. The Morgan fingerprint density at radius 3 is 2.43 bits per heavy atom. The third-order valence-electron chi connectivity index (χ3n) is 5.20. The highest BCUT2D eigenvalue weighted by Crippen LogP contribution is 2.32. The number of benzene rings is 1. The first-order valence-corrected chi connectivity index (χ1v) is 11.6. The number of hydrogen-bond acceptors (Lipinski definition) is 3. The predicted octanol–water partition coefficient (Wildman–Crippen LogP) is 6.35. The molecule has 0 aromatic heterocycles. The monoisotopic (exact) mass is 413 g/mol. The maximum Gasteiger partial charge on any atom is 0.243 e. The van der Waals surface area contributed by atoms with Crippen LogP contribution in [0.5, 0.6) is 11.5 Å². The first-order chi connectivity index (χ1) is 14.6. The van der Waals surface area contributed by atoms with Crippen LogP contribution in [0.2, 0.25) is 0 Å². The van der Waals surface area contributed by atoms with Gasteiger partial charge in [-0.15, -0.1) is 0 Å². The Bertz CT molecular complexity index is 679. The number of hydrogen-bond donors (Lipinski definition) is 1. The van der Waals surface area contributed by atoms with Gasteiger partial charge in [-0.1, -0.05) is 76.7 Å². The van der Waals surface area contributed by atoms with Crippen LogP contribution >= 0.6 is 0 Å². The van der Waals surface area contributed by atoms with E-state index in [1.165, 1.54) is 56.9 Å². The van der Waals surface area contributed by atoms with Gasteiger partial charge in [0.2, 0.25) is 12.7 Å². The van der Waals surface area contributed by atoms with Crippen LogP contribution in [0.3, 0.4) is 0 Å². The van der Waals surface area contributed by atoms with Crippen LogP contribution in [-0.4, -0.2) is 19.2 Å². The van der Waals surface area contributed by atoms with Gasteiger partial charge in [-0.05, 0) is 49.3 Å². The van der Waals surface area contributed by atoms with Crippen LogP contribution in [0, 0.1) is 5.92 Å². The lowest BCUT2D eigenvalue weighted by molar-refractivity contribution is -0.116. The average Bonchev–Trinajstić information content (AvgIpc) is 3.20. The van der Waals surface area contributed by atoms with Crippen LogP contribution in [0.1, 0.15) is 77.2 Å². The fourth-order valence-corrected chi connectivity index (χ4v) is 3.43. The maximum absolute atomic E-state index is 11.5. The summed E-state index contributed by atoms with van der Waals surface area (Å²) < 4.78 is 10.8. The Morgan fingerprint density at radius 2 is 1.67 bits per heavy atom. The van der Waals surface area contributed by atoms with Gasteiger partial charge in [-0.25, -0.2) is 0 Å². The van der Waals surface area contributed by atoms with Crippen molar-refractivity contribution >= 4 is 5.91 Å². The zero-order valence-corrected chi connectivity index (χ0v) is 18.8. The summed E-state index contributed by atoms with van der Waals surface area (Å²) in [7, 11) is 0. The summed E-state index contributed by atoms with van der Waals surface area (Å²) in [5.74, 6) is 2.24. The van der Waals surface area contributed by atoms with E-state index in [4.69, 9.17) is 9.47 Å².